The van der Waals surface area contributed by atoms with Gasteiger partial charge in [-0.25, -0.2) is 0 Å². The highest BCUT2D eigenvalue weighted by Crippen LogP contribution is 2.16. The summed E-state index contributed by atoms with van der Waals surface area (Å²) in [6.07, 6.45) is 1.76. The molecule has 1 amide bonds. The summed E-state index contributed by atoms with van der Waals surface area (Å²) in [6.45, 7) is 7.66. The molecule has 4 heteroatoms. The number of rotatable bonds is 4. The van der Waals surface area contributed by atoms with E-state index < -0.39 is 0 Å². The van der Waals surface area contributed by atoms with Crippen molar-refractivity contribution >= 4 is 11.6 Å². The number of amides is 1. The minimum atomic E-state index is -0.353. The van der Waals surface area contributed by atoms with Crippen LogP contribution in [0.15, 0.2) is 30.3 Å². The van der Waals surface area contributed by atoms with Gasteiger partial charge in [0, 0.05) is 31.9 Å². The average Bonchev–Trinajstić information content (AvgIpc) is 2.72. The summed E-state index contributed by atoms with van der Waals surface area (Å²) in [5.74, 6) is 0.565. The highest BCUT2D eigenvalue weighted by atomic mass is 16.2. The Kier molecular flexibility index (Phi) is 5.62. The van der Waals surface area contributed by atoms with Crippen LogP contribution in [0, 0.1) is 5.92 Å². The highest BCUT2D eigenvalue weighted by molar-refractivity contribution is 5.81. The van der Waals surface area contributed by atoms with Crippen molar-refractivity contribution in [1.29, 1.82) is 0 Å². The Morgan fingerprint density at radius 3 is 2.52 bits per heavy atom. The normalized spacial score (nSPS) is 17.7. The molecule has 116 valence electrons. The molecule has 0 unspecified atom stereocenters. The van der Waals surface area contributed by atoms with Crippen LogP contribution < -0.4 is 10.6 Å². The van der Waals surface area contributed by atoms with Crippen LogP contribution in [0.3, 0.4) is 0 Å². The van der Waals surface area contributed by atoms with Gasteiger partial charge in [0.15, 0.2) is 0 Å². The molecule has 0 bridgehead atoms. The number of nitrogens with zero attached hydrogens (tertiary/aromatic N) is 2. The molecule has 1 saturated heterocycles. The van der Waals surface area contributed by atoms with Gasteiger partial charge in [-0.1, -0.05) is 32.0 Å². The lowest BCUT2D eigenvalue weighted by atomic mass is 10.0. The van der Waals surface area contributed by atoms with Crippen LogP contribution in [0.4, 0.5) is 5.69 Å². The maximum atomic E-state index is 12.4. The lowest BCUT2D eigenvalue weighted by Gasteiger charge is -2.26. The van der Waals surface area contributed by atoms with E-state index in [0.29, 0.717) is 5.92 Å². The van der Waals surface area contributed by atoms with Gasteiger partial charge in [0.1, 0.15) is 0 Å². The summed E-state index contributed by atoms with van der Waals surface area (Å²) in [4.78, 5) is 16.7. The summed E-state index contributed by atoms with van der Waals surface area (Å²) in [5.41, 5.74) is 7.28. The summed E-state index contributed by atoms with van der Waals surface area (Å²) >= 11 is 0. The number of nitrogens with two attached hydrogens (primary N) is 1. The van der Waals surface area contributed by atoms with Gasteiger partial charge in [-0.15, -0.1) is 0 Å². The fourth-order valence-corrected chi connectivity index (χ4v) is 2.88. The van der Waals surface area contributed by atoms with Crippen LogP contribution in [0.1, 0.15) is 26.7 Å². The third-order valence-electron chi connectivity index (χ3n) is 3.97. The molecule has 1 aromatic rings. The minimum Gasteiger partial charge on any atom is -0.370 e. The molecular formula is C17H27N3O. The van der Waals surface area contributed by atoms with E-state index in [1.165, 1.54) is 5.69 Å². The molecule has 0 aromatic heterocycles. The van der Waals surface area contributed by atoms with E-state index in [9.17, 15) is 4.79 Å². The van der Waals surface area contributed by atoms with Gasteiger partial charge in [-0.05, 0) is 30.9 Å². The Bertz CT molecular complexity index is 447. The van der Waals surface area contributed by atoms with E-state index >= 15 is 0 Å². The van der Waals surface area contributed by atoms with Gasteiger partial charge in [-0.2, -0.15) is 0 Å². The topological polar surface area (TPSA) is 49.6 Å². The van der Waals surface area contributed by atoms with Crippen molar-refractivity contribution in [3.05, 3.63) is 30.3 Å². The summed E-state index contributed by atoms with van der Waals surface area (Å²) in [7, 11) is 0. The first kappa shape index (κ1) is 15.8. The van der Waals surface area contributed by atoms with Gasteiger partial charge in [0.2, 0.25) is 5.91 Å². The Morgan fingerprint density at radius 2 is 1.86 bits per heavy atom. The van der Waals surface area contributed by atoms with Crippen LogP contribution in [-0.2, 0) is 4.79 Å². The van der Waals surface area contributed by atoms with Gasteiger partial charge in [-0.3, -0.25) is 4.79 Å². The number of carbonyl (C=O) groups is 1. The van der Waals surface area contributed by atoms with Crippen LogP contribution in [0.2, 0.25) is 0 Å². The van der Waals surface area contributed by atoms with E-state index in [-0.39, 0.29) is 11.9 Å². The molecule has 1 fully saturated rings. The number of para-hydroxylation sites is 1. The maximum Gasteiger partial charge on any atom is 0.239 e. The number of hydrogen-bond donors (Lipinski definition) is 1. The Balaban J connectivity index is 1.93. The molecule has 1 atom stereocenters. The number of anilines is 1. The molecule has 1 heterocycles. The second kappa shape index (κ2) is 7.46. The average molecular weight is 289 g/mol. The second-order valence-corrected chi connectivity index (χ2v) is 6.24. The Morgan fingerprint density at radius 1 is 1.14 bits per heavy atom. The molecule has 0 radical (unpaired) electrons. The fourth-order valence-electron chi connectivity index (χ4n) is 2.88. The molecule has 1 aliphatic rings. The Labute approximate surface area is 127 Å². The third-order valence-corrected chi connectivity index (χ3v) is 3.97. The predicted octanol–water partition coefficient (Wildman–Crippen LogP) is 2.10. The predicted molar refractivity (Wildman–Crippen MR) is 87.3 cm³/mol. The minimum absolute atomic E-state index is 0.110. The molecule has 4 nitrogen and oxygen atoms in total. The summed E-state index contributed by atoms with van der Waals surface area (Å²) in [5, 5.41) is 0. The van der Waals surface area contributed by atoms with Crippen LogP contribution >= 0.6 is 0 Å². The lowest BCUT2D eigenvalue weighted by Crippen LogP contribution is -2.45. The van der Waals surface area contributed by atoms with Crippen molar-refractivity contribution in [2.45, 2.75) is 32.7 Å². The molecule has 0 spiro atoms. The largest absolute Gasteiger partial charge is 0.370 e. The molecule has 1 aromatic carbocycles. The first-order chi connectivity index (χ1) is 10.1. The molecule has 2 N–H and O–H groups in total. The van der Waals surface area contributed by atoms with Crippen LogP contribution in [-0.4, -0.2) is 43.0 Å². The third kappa shape index (κ3) is 4.46. The second-order valence-electron chi connectivity index (χ2n) is 6.24. The molecule has 2 rings (SSSR count). The molecule has 0 aliphatic carbocycles. The number of benzene rings is 1. The lowest BCUT2D eigenvalue weighted by molar-refractivity contribution is -0.132. The SMILES string of the molecule is CC(C)C[C@H](N)C(=O)N1CCCN(c2ccccc2)CC1. The first-order valence-corrected chi connectivity index (χ1v) is 7.92. The smallest absolute Gasteiger partial charge is 0.239 e. The number of hydrogen-bond acceptors (Lipinski definition) is 3. The van der Waals surface area contributed by atoms with E-state index in [4.69, 9.17) is 5.73 Å². The van der Waals surface area contributed by atoms with Gasteiger partial charge < -0.3 is 15.5 Å². The van der Waals surface area contributed by atoms with Crippen molar-refractivity contribution in [2.24, 2.45) is 11.7 Å². The van der Waals surface area contributed by atoms with Crippen molar-refractivity contribution in [3.63, 3.8) is 0 Å². The van der Waals surface area contributed by atoms with Gasteiger partial charge in [0.05, 0.1) is 6.04 Å². The molecule has 0 saturated carbocycles. The van der Waals surface area contributed by atoms with E-state index in [0.717, 1.165) is 39.0 Å². The summed E-state index contributed by atoms with van der Waals surface area (Å²) in [6, 6.07) is 10.0. The maximum absolute atomic E-state index is 12.4. The molecule has 1 aliphatic heterocycles. The molecular weight excluding hydrogens is 262 g/mol. The first-order valence-electron chi connectivity index (χ1n) is 7.92. The van der Waals surface area contributed by atoms with Crippen LogP contribution in [0.5, 0.6) is 0 Å². The zero-order chi connectivity index (χ0) is 15.2. The standard InChI is InChI=1S/C17H27N3O/c1-14(2)13-16(18)17(21)20-10-6-9-19(11-12-20)15-7-4-3-5-8-15/h3-5,7-8,14,16H,6,9-13,18H2,1-2H3/t16-/m0/s1. The summed E-state index contributed by atoms with van der Waals surface area (Å²) < 4.78 is 0. The van der Waals surface area contributed by atoms with Crippen molar-refractivity contribution < 1.29 is 4.79 Å². The number of carbonyl (C=O) groups excluding carboxylic acids is 1. The Hall–Kier alpha value is -1.55. The van der Waals surface area contributed by atoms with Crippen molar-refractivity contribution in [1.82, 2.24) is 4.90 Å². The van der Waals surface area contributed by atoms with E-state index in [1.54, 1.807) is 0 Å². The zero-order valence-corrected chi connectivity index (χ0v) is 13.2. The van der Waals surface area contributed by atoms with Crippen LogP contribution in [0.25, 0.3) is 0 Å². The monoisotopic (exact) mass is 289 g/mol. The zero-order valence-electron chi connectivity index (χ0n) is 13.2. The highest BCUT2D eigenvalue weighted by Gasteiger charge is 2.24. The fraction of sp³-hybridized carbons (Fsp3) is 0.588. The van der Waals surface area contributed by atoms with Gasteiger partial charge in [0.25, 0.3) is 0 Å². The van der Waals surface area contributed by atoms with Crippen molar-refractivity contribution in [3.8, 4) is 0 Å². The van der Waals surface area contributed by atoms with E-state index in [1.807, 2.05) is 11.0 Å². The quantitative estimate of drug-likeness (QED) is 0.923. The molecule has 21 heavy (non-hydrogen) atoms. The van der Waals surface area contributed by atoms with E-state index in [2.05, 4.69) is 43.0 Å². The van der Waals surface area contributed by atoms with Crippen molar-refractivity contribution in [2.75, 3.05) is 31.1 Å². The van der Waals surface area contributed by atoms with Gasteiger partial charge >= 0.3 is 0 Å².